The van der Waals surface area contributed by atoms with E-state index in [0.29, 0.717) is 24.7 Å². The van der Waals surface area contributed by atoms with E-state index in [4.69, 9.17) is 20.2 Å². The number of H-pyrrole nitrogens is 2. The lowest BCUT2D eigenvalue weighted by molar-refractivity contribution is -0.143. The van der Waals surface area contributed by atoms with E-state index >= 15 is 0 Å². The van der Waals surface area contributed by atoms with Crippen LogP contribution in [0.3, 0.4) is 0 Å². The van der Waals surface area contributed by atoms with Gasteiger partial charge in [-0.25, -0.2) is 24.5 Å². The van der Waals surface area contributed by atoms with Gasteiger partial charge in [-0.05, 0) is 53.9 Å². The Hall–Kier alpha value is -6.45. The van der Waals surface area contributed by atoms with Crippen molar-refractivity contribution < 1.29 is 28.7 Å². The summed E-state index contributed by atoms with van der Waals surface area (Å²) in [4.78, 5) is 74.8. The number of aryl methyl sites for hydroxylation is 1. The number of amides is 4. The van der Waals surface area contributed by atoms with Crippen molar-refractivity contribution in [1.82, 2.24) is 44.6 Å². The molecule has 0 bridgehead atoms. The molecule has 16 nitrogen and oxygen atoms in total. The second-order valence-electron chi connectivity index (χ2n) is 14.9. The van der Waals surface area contributed by atoms with Gasteiger partial charge in [-0.15, -0.1) is 0 Å². The van der Waals surface area contributed by atoms with Crippen LogP contribution in [0.1, 0.15) is 69.0 Å². The first-order chi connectivity index (χ1) is 27.5. The minimum absolute atomic E-state index is 0.202. The molecule has 57 heavy (non-hydrogen) atoms. The van der Waals surface area contributed by atoms with Gasteiger partial charge in [0.25, 0.3) is 5.91 Å². The smallest absolute Gasteiger partial charge is 0.407 e. The van der Waals surface area contributed by atoms with Crippen molar-refractivity contribution in [1.29, 1.82) is 0 Å². The zero-order valence-electron chi connectivity index (χ0n) is 32.5. The molecule has 0 aliphatic carbocycles. The second kappa shape index (κ2) is 16.7. The van der Waals surface area contributed by atoms with E-state index in [1.54, 1.807) is 34.7 Å². The standard InChI is InChI=1S/C41H48N10O6/c1-24(2)35(57-40(42)54)39(53)51-18-6-8-34(51)37-45-22-32(47-37)28-15-11-26(12-16-28)25-9-13-27(14-10-25)31-21-44-36(46-31)33-7-5-17-50(33)38(52)30(48-41(55)56-4)19-29-20-43-23-49(29)3/h9-16,20-24,30,33-35H,5-8,17-19H2,1-4H3,(H2,42,54)(H,44,46)(H,45,47)(H,48,55)/t30-,33-,34-,35-/m0/s1. The lowest BCUT2D eigenvalue weighted by Crippen LogP contribution is -2.49. The Kier molecular flexibility index (Phi) is 11.4. The Balaban J connectivity index is 1.00. The van der Waals surface area contributed by atoms with Gasteiger partial charge in [0.15, 0.2) is 6.10 Å². The van der Waals surface area contributed by atoms with Crippen molar-refractivity contribution >= 4 is 24.0 Å². The number of aromatic amines is 2. The van der Waals surface area contributed by atoms with Crippen molar-refractivity contribution in [2.24, 2.45) is 18.7 Å². The summed E-state index contributed by atoms with van der Waals surface area (Å²) in [5, 5.41) is 2.71. The Labute approximate surface area is 330 Å². The van der Waals surface area contributed by atoms with Crippen LogP contribution in [-0.4, -0.2) is 95.6 Å². The first kappa shape index (κ1) is 38.8. The molecule has 0 unspecified atom stereocenters. The number of imidazole rings is 3. The summed E-state index contributed by atoms with van der Waals surface area (Å²) in [6.07, 6.45) is 7.72. The third kappa shape index (κ3) is 8.39. The number of carbonyl (C=O) groups excluding carboxylic acids is 4. The van der Waals surface area contributed by atoms with E-state index in [-0.39, 0.29) is 36.2 Å². The molecule has 16 heteroatoms. The molecule has 5 aromatic rings. The van der Waals surface area contributed by atoms with Crippen LogP contribution in [-0.2, 0) is 32.5 Å². The molecule has 3 aromatic heterocycles. The Morgan fingerprint density at radius 1 is 0.807 bits per heavy atom. The molecule has 2 saturated heterocycles. The molecule has 2 aliphatic heterocycles. The van der Waals surface area contributed by atoms with Crippen LogP contribution in [0, 0.1) is 5.92 Å². The summed E-state index contributed by atoms with van der Waals surface area (Å²) in [6.45, 7) is 4.74. The number of hydrogen-bond donors (Lipinski definition) is 4. The fourth-order valence-corrected chi connectivity index (χ4v) is 7.77. The Morgan fingerprint density at radius 3 is 1.77 bits per heavy atom. The van der Waals surface area contributed by atoms with E-state index in [1.165, 1.54) is 7.11 Å². The fourth-order valence-electron chi connectivity index (χ4n) is 7.77. The van der Waals surface area contributed by atoms with E-state index in [1.807, 2.05) is 49.7 Å². The number of nitrogens with one attached hydrogen (secondary N) is 3. The number of benzene rings is 2. The number of methoxy groups -OCH3 is 1. The average Bonchev–Trinajstić information content (AvgIpc) is 4.06. The summed E-state index contributed by atoms with van der Waals surface area (Å²) >= 11 is 0. The highest BCUT2D eigenvalue weighted by atomic mass is 16.6. The summed E-state index contributed by atoms with van der Waals surface area (Å²) in [7, 11) is 3.12. The van der Waals surface area contributed by atoms with E-state index in [9.17, 15) is 19.2 Å². The van der Waals surface area contributed by atoms with Crippen LogP contribution in [0.25, 0.3) is 33.6 Å². The van der Waals surface area contributed by atoms with Crippen LogP contribution in [0.15, 0.2) is 73.4 Å². The molecule has 2 fully saturated rings. The maximum Gasteiger partial charge on any atom is 0.407 e. The first-order valence-corrected chi connectivity index (χ1v) is 19.2. The summed E-state index contributed by atoms with van der Waals surface area (Å²) in [5.41, 5.74) is 11.7. The normalized spacial score (nSPS) is 17.8. The lowest BCUT2D eigenvalue weighted by atomic mass is 10.0. The van der Waals surface area contributed by atoms with Gasteiger partial charge in [0.1, 0.15) is 17.7 Å². The van der Waals surface area contributed by atoms with Crippen LogP contribution in [0.4, 0.5) is 9.59 Å². The molecule has 2 aromatic carbocycles. The quantitative estimate of drug-likeness (QED) is 0.130. The number of rotatable bonds is 12. The van der Waals surface area contributed by atoms with Gasteiger partial charge in [-0.3, -0.25) is 9.59 Å². The van der Waals surface area contributed by atoms with Crippen LogP contribution in [0.5, 0.6) is 0 Å². The van der Waals surface area contributed by atoms with Gasteiger partial charge in [0, 0.05) is 38.4 Å². The van der Waals surface area contributed by atoms with Crippen LogP contribution in [0.2, 0.25) is 0 Å². The maximum atomic E-state index is 13.9. The highest BCUT2D eigenvalue weighted by molar-refractivity contribution is 5.86. The predicted octanol–water partition coefficient (Wildman–Crippen LogP) is 5.28. The number of ether oxygens (including phenoxy) is 2. The average molecular weight is 777 g/mol. The van der Waals surface area contributed by atoms with Gasteiger partial charge in [-0.1, -0.05) is 62.4 Å². The molecule has 7 rings (SSSR count). The number of aromatic nitrogens is 6. The van der Waals surface area contributed by atoms with Gasteiger partial charge >= 0.3 is 12.2 Å². The minimum Gasteiger partial charge on any atom is -0.453 e. The molecule has 0 spiro atoms. The van der Waals surface area contributed by atoms with Gasteiger partial charge in [-0.2, -0.15) is 0 Å². The summed E-state index contributed by atoms with van der Waals surface area (Å²) in [6, 6.07) is 15.0. The van der Waals surface area contributed by atoms with E-state index < -0.39 is 24.3 Å². The second-order valence-corrected chi connectivity index (χ2v) is 14.9. The third-order valence-electron chi connectivity index (χ3n) is 10.8. The molecular formula is C41H48N10O6. The van der Waals surface area contributed by atoms with E-state index in [0.717, 1.165) is 65.0 Å². The number of nitrogens with zero attached hydrogens (tertiary/aromatic N) is 6. The molecule has 2 aliphatic rings. The number of alkyl carbamates (subject to hydrolysis) is 1. The molecule has 0 radical (unpaired) electrons. The zero-order valence-corrected chi connectivity index (χ0v) is 32.5. The maximum absolute atomic E-state index is 13.9. The zero-order chi connectivity index (χ0) is 40.2. The highest BCUT2D eigenvalue weighted by Gasteiger charge is 2.39. The molecule has 5 N–H and O–H groups in total. The van der Waals surface area contributed by atoms with Gasteiger partial charge in [0.2, 0.25) is 5.91 Å². The van der Waals surface area contributed by atoms with Crippen molar-refractivity contribution in [2.45, 2.75) is 70.2 Å². The topological polar surface area (TPSA) is 206 Å². The monoisotopic (exact) mass is 776 g/mol. The highest BCUT2D eigenvalue weighted by Crippen LogP contribution is 2.35. The molecule has 298 valence electrons. The van der Waals surface area contributed by atoms with E-state index in [2.05, 4.69) is 49.5 Å². The SMILES string of the molecule is COC(=O)N[C@@H](Cc1cncn1C)C(=O)N1CCC[C@H]1c1ncc(-c2ccc(-c3ccc(-c4cnc([C@@H]5CCCN5C(=O)[C@@H](OC(N)=O)C(C)C)[nH]4)cc3)cc2)[nH]1. The number of hydrogen-bond acceptors (Lipinski definition) is 9. The first-order valence-electron chi connectivity index (χ1n) is 19.2. The van der Waals surface area contributed by atoms with Gasteiger partial charge in [0.05, 0.1) is 49.3 Å². The van der Waals surface area contributed by atoms with Gasteiger partial charge < -0.3 is 44.9 Å². The third-order valence-corrected chi connectivity index (χ3v) is 10.8. The van der Waals surface area contributed by atoms with Crippen molar-refractivity contribution in [2.75, 3.05) is 20.2 Å². The molecule has 4 atom stereocenters. The Bertz CT molecular complexity index is 2210. The number of likely N-dealkylation sites (tertiary alicyclic amines) is 2. The molecule has 5 heterocycles. The van der Waals surface area contributed by atoms with Crippen LogP contribution < -0.4 is 11.1 Å². The largest absolute Gasteiger partial charge is 0.453 e. The van der Waals surface area contributed by atoms with Crippen LogP contribution >= 0.6 is 0 Å². The van der Waals surface area contributed by atoms with Crippen molar-refractivity contribution in [3.63, 3.8) is 0 Å². The molecule has 0 saturated carbocycles. The number of primary amides is 1. The number of nitrogens with two attached hydrogens (primary N) is 1. The fraction of sp³-hybridized carbons (Fsp3) is 0.390. The van der Waals surface area contributed by atoms with Crippen molar-refractivity contribution in [3.05, 3.63) is 90.8 Å². The molecule has 4 amide bonds. The predicted molar refractivity (Wildman–Crippen MR) is 210 cm³/mol. The molecular weight excluding hydrogens is 729 g/mol. The number of carbonyl (C=O) groups is 4. The lowest BCUT2D eigenvalue weighted by Gasteiger charge is -2.29. The van der Waals surface area contributed by atoms with Crippen molar-refractivity contribution in [3.8, 4) is 33.6 Å². The Morgan fingerprint density at radius 2 is 1.32 bits per heavy atom. The summed E-state index contributed by atoms with van der Waals surface area (Å²) < 4.78 is 11.8. The minimum atomic E-state index is -0.966. The summed E-state index contributed by atoms with van der Waals surface area (Å²) in [5.74, 6) is 0.690.